The Morgan fingerprint density at radius 1 is 0.400 bits per heavy atom. The van der Waals surface area contributed by atoms with Gasteiger partial charge in [0.1, 0.15) is 48.4 Å². The molecule has 0 amide bonds. The summed E-state index contributed by atoms with van der Waals surface area (Å²) in [5.74, 6) is 3.44. The van der Waals surface area contributed by atoms with Gasteiger partial charge in [-0.25, -0.2) is 0 Å². The Morgan fingerprint density at radius 2 is 0.680 bits per heavy atom. The van der Waals surface area contributed by atoms with Gasteiger partial charge in [0.2, 0.25) is 0 Å². The molecule has 254 valence electrons. The van der Waals surface area contributed by atoms with Gasteiger partial charge in [0, 0.05) is 22.8 Å². The number of hydrogen-bond donors (Lipinski definition) is 2. The van der Waals surface area contributed by atoms with E-state index in [0.717, 1.165) is 94.1 Å². The lowest BCUT2D eigenvalue weighted by Crippen LogP contribution is -2.03. The summed E-state index contributed by atoms with van der Waals surface area (Å²) in [6, 6.07) is 41.1. The zero-order valence-corrected chi connectivity index (χ0v) is 27.8. The predicted molar refractivity (Wildman–Crippen MR) is 194 cm³/mol. The van der Waals surface area contributed by atoms with Gasteiger partial charge in [-0.15, -0.1) is 0 Å². The molecule has 2 aliphatic rings. The van der Waals surface area contributed by atoms with Crippen LogP contribution in [-0.4, -0.2) is 61.8 Å². The van der Waals surface area contributed by atoms with E-state index in [0.29, 0.717) is 26.4 Å². The summed E-state index contributed by atoms with van der Waals surface area (Å²) in [7, 11) is 0. The van der Waals surface area contributed by atoms with E-state index in [1.165, 1.54) is 0 Å². The molecule has 0 spiro atoms. The van der Waals surface area contributed by atoms with E-state index >= 15 is 0 Å². The van der Waals surface area contributed by atoms with E-state index in [2.05, 4.69) is 82.8 Å². The quantitative estimate of drug-likeness (QED) is 0.0746. The lowest BCUT2D eigenvalue weighted by atomic mass is 10.1. The Balaban J connectivity index is 0.741. The van der Waals surface area contributed by atoms with Crippen molar-refractivity contribution in [3.05, 3.63) is 121 Å². The molecule has 2 unspecified atom stereocenters. The average Bonchev–Trinajstić information content (AvgIpc) is 4.08. The van der Waals surface area contributed by atoms with E-state index in [4.69, 9.17) is 28.4 Å². The van der Waals surface area contributed by atoms with Gasteiger partial charge in [-0.3, -0.25) is 0 Å². The third-order valence-electron chi connectivity index (χ3n) is 8.79. The van der Waals surface area contributed by atoms with Gasteiger partial charge in [-0.05, 0) is 156 Å². The number of H-pyrrole nitrogens is 2. The molecule has 50 heavy (non-hydrogen) atoms. The van der Waals surface area contributed by atoms with E-state index in [1.54, 1.807) is 0 Å². The van der Waals surface area contributed by atoms with Gasteiger partial charge < -0.3 is 38.4 Å². The normalized spacial score (nSPS) is 16.2. The molecule has 2 aromatic heterocycles. The van der Waals surface area contributed by atoms with Gasteiger partial charge in [-0.2, -0.15) is 0 Å². The molecule has 2 fully saturated rings. The van der Waals surface area contributed by atoms with Crippen molar-refractivity contribution >= 4 is 0 Å². The van der Waals surface area contributed by atoms with Gasteiger partial charge in [0.05, 0.1) is 26.4 Å². The molecule has 0 aliphatic carbocycles. The maximum atomic E-state index is 6.00. The third kappa shape index (κ3) is 8.40. The highest BCUT2D eigenvalue weighted by Gasteiger charge is 2.23. The molecule has 8 nitrogen and oxygen atoms in total. The summed E-state index contributed by atoms with van der Waals surface area (Å²) in [6.07, 6.45) is 2.32. The Bertz CT molecular complexity index is 1810. The topological polar surface area (TPSA) is 93.6 Å². The predicted octanol–water partition coefficient (Wildman–Crippen LogP) is 8.80. The Labute approximate surface area is 291 Å². The summed E-state index contributed by atoms with van der Waals surface area (Å²) in [5.41, 5.74) is 8.70. The van der Waals surface area contributed by atoms with Crippen LogP contribution in [0.25, 0.3) is 45.0 Å². The fourth-order valence-electron chi connectivity index (χ4n) is 5.68. The number of rotatable bonds is 17. The standard InChI is InChI=1S/C42H40N2O6/c1(23-45-33-11-3-29(4-12-33)39-19-21-41(43-39)31-7-15-35(16-8-31)47-25-37-27-49-37)2-24-46-34-13-5-30(6-14-34)40-20-22-42(44-40)32-9-17-36(18-10-32)48-26-38-28-50-38/h3-22,37-38,43-44H,1-2,23-28H2. The number of hydrogen-bond acceptors (Lipinski definition) is 6. The molecule has 4 aromatic carbocycles. The first-order valence-electron chi connectivity index (χ1n) is 17.3. The molecular formula is C42H40N2O6. The van der Waals surface area contributed by atoms with Crippen LogP contribution in [0.3, 0.4) is 0 Å². The molecule has 2 saturated heterocycles. The van der Waals surface area contributed by atoms with Gasteiger partial charge in [0.25, 0.3) is 0 Å². The number of ether oxygens (including phenoxy) is 6. The maximum Gasteiger partial charge on any atom is 0.119 e. The van der Waals surface area contributed by atoms with E-state index in [1.807, 2.05) is 48.5 Å². The zero-order chi connectivity index (χ0) is 33.5. The van der Waals surface area contributed by atoms with Crippen LogP contribution in [0.2, 0.25) is 0 Å². The first-order chi connectivity index (χ1) is 24.7. The smallest absolute Gasteiger partial charge is 0.119 e. The van der Waals surface area contributed by atoms with Crippen LogP contribution in [0.5, 0.6) is 23.0 Å². The van der Waals surface area contributed by atoms with E-state index in [-0.39, 0.29) is 12.2 Å². The number of aromatic nitrogens is 2. The van der Waals surface area contributed by atoms with Crippen molar-refractivity contribution in [2.24, 2.45) is 0 Å². The molecule has 2 N–H and O–H groups in total. The molecule has 4 heterocycles. The molecule has 0 bridgehead atoms. The number of nitrogens with one attached hydrogen (secondary N) is 2. The van der Waals surface area contributed by atoms with Crippen LogP contribution in [0.4, 0.5) is 0 Å². The molecule has 2 aliphatic heterocycles. The fourth-order valence-corrected chi connectivity index (χ4v) is 5.68. The van der Waals surface area contributed by atoms with Crippen LogP contribution < -0.4 is 18.9 Å². The van der Waals surface area contributed by atoms with Crippen molar-refractivity contribution < 1.29 is 28.4 Å². The summed E-state index contributed by atoms with van der Waals surface area (Å²) in [6.45, 7) is 4.10. The molecule has 0 saturated carbocycles. The summed E-state index contributed by atoms with van der Waals surface area (Å²) < 4.78 is 33.9. The first-order valence-corrected chi connectivity index (χ1v) is 17.3. The van der Waals surface area contributed by atoms with Crippen LogP contribution in [-0.2, 0) is 9.47 Å². The molecule has 0 radical (unpaired) electrons. The second-order valence-electron chi connectivity index (χ2n) is 12.6. The second-order valence-corrected chi connectivity index (χ2v) is 12.6. The molecule has 6 aromatic rings. The van der Waals surface area contributed by atoms with Crippen molar-refractivity contribution in [2.75, 3.05) is 39.6 Å². The SMILES string of the molecule is c1cc(-c2ccc(-c3ccc(OCC4CO4)cc3)[nH]2)ccc1OCCCCOc1ccc(-c2ccc(-c3ccc(OCC4CO4)cc3)[nH]2)cc1. The van der Waals surface area contributed by atoms with E-state index < -0.39 is 0 Å². The molecule has 2 atom stereocenters. The second kappa shape index (κ2) is 15.0. The molecular weight excluding hydrogens is 628 g/mol. The number of aromatic amines is 2. The highest BCUT2D eigenvalue weighted by atomic mass is 16.6. The number of unbranched alkanes of at least 4 members (excludes halogenated alkanes) is 1. The lowest BCUT2D eigenvalue weighted by Gasteiger charge is -2.09. The minimum absolute atomic E-state index is 0.254. The van der Waals surface area contributed by atoms with Crippen molar-refractivity contribution in [1.82, 2.24) is 9.97 Å². The monoisotopic (exact) mass is 668 g/mol. The van der Waals surface area contributed by atoms with Crippen molar-refractivity contribution in [3.63, 3.8) is 0 Å². The average molecular weight is 669 g/mol. The van der Waals surface area contributed by atoms with Crippen molar-refractivity contribution in [1.29, 1.82) is 0 Å². The summed E-state index contributed by atoms with van der Waals surface area (Å²) in [4.78, 5) is 7.06. The molecule has 8 rings (SSSR count). The van der Waals surface area contributed by atoms with Crippen molar-refractivity contribution in [3.8, 4) is 68.0 Å². The van der Waals surface area contributed by atoms with Crippen LogP contribution in [0, 0.1) is 0 Å². The number of epoxide rings is 2. The van der Waals surface area contributed by atoms with Crippen LogP contribution >= 0.6 is 0 Å². The molecule has 8 heteroatoms. The van der Waals surface area contributed by atoms with Crippen molar-refractivity contribution in [2.45, 2.75) is 25.0 Å². The minimum atomic E-state index is 0.254. The zero-order valence-electron chi connectivity index (χ0n) is 27.8. The number of benzene rings is 4. The lowest BCUT2D eigenvalue weighted by molar-refractivity contribution is 0.263. The largest absolute Gasteiger partial charge is 0.494 e. The minimum Gasteiger partial charge on any atom is -0.494 e. The van der Waals surface area contributed by atoms with Gasteiger partial charge in [0.15, 0.2) is 0 Å². The van der Waals surface area contributed by atoms with Gasteiger partial charge in [-0.1, -0.05) is 0 Å². The fraction of sp³-hybridized carbons (Fsp3) is 0.238. The summed E-state index contributed by atoms with van der Waals surface area (Å²) >= 11 is 0. The summed E-state index contributed by atoms with van der Waals surface area (Å²) in [5, 5.41) is 0. The van der Waals surface area contributed by atoms with E-state index in [9.17, 15) is 0 Å². The highest BCUT2D eigenvalue weighted by Crippen LogP contribution is 2.29. The van der Waals surface area contributed by atoms with Crippen LogP contribution in [0.1, 0.15) is 12.8 Å². The highest BCUT2D eigenvalue weighted by molar-refractivity contribution is 5.70. The first kappa shape index (κ1) is 31.8. The Kier molecular flexibility index (Phi) is 9.53. The third-order valence-corrected chi connectivity index (χ3v) is 8.79. The van der Waals surface area contributed by atoms with Crippen LogP contribution in [0.15, 0.2) is 121 Å². The maximum absolute atomic E-state index is 6.00. The Morgan fingerprint density at radius 3 is 0.960 bits per heavy atom. The van der Waals surface area contributed by atoms with Gasteiger partial charge >= 0.3 is 0 Å². The Hall–Kier alpha value is -5.44.